The molecule has 0 spiro atoms. The van der Waals surface area contributed by atoms with Crippen molar-refractivity contribution < 1.29 is 9.90 Å². The lowest BCUT2D eigenvalue weighted by atomic mass is 9.80. The van der Waals surface area contributed by atoms with E-state index in [1.54, 1.807) is 21.4 Å². The van der Waals surface area contributed by atoms with Gasteiger partial charge in [0.2, 0.25) is 0 Å². The topological polar surface area (TPSA) is 77.1 Å². The van der Waals surface area contributed by atoms with E-state index in [9.17, 15) is 14.7 Å². The summed E-state index contributed by atoms with van der Waals surface area (Å²) in [6, 6.07) is 13.2. The molecule has 0 amide bonds. The Morgan fingerprint density at radius 2 is 1.71 bits per heavy atom. The van der Waals surface area contributed by atoms with Crippen LogP contribution >= 0.6 is 0 Å². The van der Waals surface area contributed by atoms with Gasteiger partial charge in [0.15, 0.2) is 0 Å². The fourth-order valence-corrected chi connectivity index (χ4v) is 4.25. The molecule has 0 fully saturated rings. The molecule has 0 bridgehead atoms. The molecule has 0 saturated heterocycles. The van der Waals surface area contributed by atoms with Gasteiger partial charge in [-0.15, -0.1) is 0 Å². The number of aryl methyl sites for hydroxylation is 2. The Labute approximate surface area is 202 Å². The maximum atomic E-state index is 13.2. The highest BCUT2D eigenvalue weighted by molar-refractivity contribution is 5.96. The number of carbonyl (C=O) groups is 1. The molecule has 0 aliphatic carbocycles. The molecule has 0 radical (unpaired) electrons. The van der Waals surface area contributed by atoms with E-state index in [1.807, 2.05) is 24.3 Å². The van der Waals surface area contributed by atoms with Crippen LogP contribution < -0.4 is 5.69 Å². The molecule has 182 valence electrons. The standard InChI is InChI=1S/C28H37N3O3/c1-6-8-14-25-29-31(17-9-7-2)27(34)30(25)19-20-15-16-22(24(18-20)28(3,4)5)21-12-10-11-13-23(21)26(32)33/h10-13,15-16,18H,6-9,14,17,19H2,1-5H3,(H,32,33). The van der Waals surface area contributed by atoms with Gasteiger partial charge in [-0.05, 0) is 46.6 Å². The number of hydrogen-bond acceptors (Lipinski definition) is 3. The van der Waals surface area contributed by atoms with Crippen LogP contribution in [0.1, 0.15) is 87.6 Å². The summed E-state index contributed by atoms with van der Waals surface area (Å²) < 4.78 is 3.41. The molecule has 6 heteroatoms. The van der Waals surface area contributed by atoms with Crippen LogP contribution in [0.2, 0.25) is 0 Å². The Morgan fingerprint density at radius 1 is 1.00 bits per heavy atom. The quantitative estimate of drug-likeness (QED) is 0.406. The molecule has 1 aromatic heterocycles. The van der Waals surface area contributed by atoms with Crippen LogP contribution in [-0.2, 0) is 24.9 Å². The zero-order valence-corrected chi connectivity index (χ0v) is 21.1. The summed E-state index contributed by atoms with van der Waals surface area (Å²) in [5.74, 6) is -0.105. The van der Waals surface area contributed by atoms with Gasteiger partial charge in [0, 0.05) is 13.0 Å². The number of hydrogen-bond donors (Lipinski definition) is 1. The first-order valence-corrected chi connectivity index (χ1v) is 12.3. The Balaban J connectivity index is 2.07. The van der Waals surface area contributed by atoms with Crippen molar-refractivity contribution in [1.82, 2.24) is 14.3 Å². The zero-order chi connectivity index (χ0) is 24.9. The van der Waals surface area contributed by atoms with Gasteiger partial charge >= 0.3 is 11.7 Å². The number of nitrogens with zero attached hydrogens (tertiary/aromatic N) is 3. The van der Waals surface area contributed by atoms with Gasteiger partial charge in [0.25, 0.3) is 0 Å². The second kappa shape index (κ2) is 10.9. The van der Waals surface area contributed by atoms with Crippen molar-refractivity contribution in [3.63, 3.8) is 0 Å². The molecule has 0 saturated carbocycles. The number of benzene rings is 2. The third-order valence-electron chi connectivity index (χ3n) is 6.16. The summed E-state index contributed by atoms with van der Waals surface area (Å²) in [7, 11) is 0. The molecule has 34 heavy (non-hydrogen) atoms. The second-order valence-electron chi connectivity index (χ2n) is 9.95. The summed E-state index contributed by atoms with van der Waals surface area (Å²) in [5.41, 5.74) is 3.70. The van der Waals surface area contributed by atoms with Crippen molar-refractivity contribution in [3.8, 4) is 11.1 Å². The molecule has 1 heterocycles. The molecule has 0 atom stereocenters. The van der Waals surface area contributed by atoms with Gasteiger partial charge in [-0.1, -0.05) is 83.9 Å². The highest BCUT2D eigenvalue weighted by Crippen LogP contribution is 2.35. The predicted molar refractivity (Wildman–Crippen MR) is 137 cm³/mol. The minimum absolute atomic E-state index is 0.0582. The van der Waals surface area contributed by atoms with Gasteiger partial charge in [-0.2, -0.15) is 5.10 Å². The van der Waals surface area contributed by atoms with Crippen molar-refractivity contribution in [3.05, 3.63) is 75.5 Å². The van der Waals surface area contributed by atoms with Crippen LogP contribution in [0.3, 0.4) is 0 Å². The van der Waals surface area contributed by atoms with Crippen LogP contribution in [0.5, 0.6) is 0 Å². The number of aromatic carboxylic acids is 1. The van der Waals surface area contributed by atoms with Crippen molar-refractivity contribution in [2.45, 2.75) is 85.2 Å². The van der Waals surface area contributed by atoms with Gasteiger partial charge in [-0.3, -0.25) is 4.57 Å². The Hall–Kier alpha value is -3.15. The van der Waals surface area contributed by atoms with E-state index in [1.165, 1.54) is 0 Å². The third kappa shape index (κ3) is 5.66. The lowest BCUT2D eigenvalue weighted by Crippen LogP contribution is -2.26. The second-order valence-corrected chi connectivity index (χ2v) is 9.95. The fraction of sp³-hybridized carbons (Fsp3) is 0.464. The largest absolute Gasteiger partial charge is 0.478 e. The van der Waals surface area contributed by atoms with Gasteiger partial charge < -0.3 is 5.11 Å². The Bertz CT molecular complexity index is 1200. The highest BCUT2D eigenvalue weighted by Gasteiger charge is 2.23. The van der Waals surface area contributed by atoms with E-state index in [0.717, 1.165) is 54.6 Å². The van der Waals surface area contributed by atoms with Crippen LogP contribution in [-0.4, -0.2) is 25.4 Å². The van der Waals surface area contributed by atoms with Crippen LogP contribution in [0.25, 0.3) is 11.1 Å². The first-order valence-electron chi connectivity index (χ1n) is 12.3. The van der Waals surface area contributed by atoms with Crippen LogP contribution in [0.4, 0.5) is 0 Å². The van der Waals surface area contributed by atoms with Crippen LogP contribution in [0, 0.1) is 0 Å². The summed E-state index contributed by atoms with van der Waals surface area (Å²) in [6.07, 6.45) is 4.75. The molecule has 6 nitrogen and oxygen atoms in total. The highest BCUT2D eigenvalue weighted by atomic mass is 16.4. The summed E-state index contributed by atoms with van der Waals surface area (Å²) in [6.45, 7) is 11.7. The SMILES string of the molecule is CCCCc1nn(CCCC)c(=O)n1Cc1ccc(-c2ccccc2C(=O)O)c(C(C)(C)C)c1. The number of carboxylic acid groups (broad SMARTS) is 1. The fourth-order valence-electron chi connectivity index (χ4n) is 4.25. The zero-order valence-electron chi connectivity index (χ0n) is 21.1. The maximum absolute atomic E-state index is 13.2. The minimum Gasteiger partial charge on any atom is -0.478 e. The average Bonchev–Trinajstić information content (AvgIpc) is 3.09. The monoisotopic (exact) mass is 463 g/mol. The maximum Gasteiger partial charge on any atom is 0.346 e. The Morgan fingerprint density at radius 3 is 2.35 bits per heavy atom. The van der Waals surface area contributed by atoms with E-state index >= 15 is 0 Å². The third-order valence-corrected chi connectivity index (χ3v) is 6.16. The van der Waals surface area contributed by atoms with Crippen molar-refractivity contribution >= 4 is 5.97 Å². The van der Waals surface area contributed by atoms with E-state index in [0.29, 0.717) is 18.7 Å². The average molecular weight is 464 g/mol. The van der Waals surface area contributed by atoms with E-state index in [2.05, 4.69) is 45.8 Å². The van der Waals surface area contributed by atoms with E-state index in [-0.39, 0.29) is 16.7 Å². The predicted octanol–water partition coefficient (Wildman–Crippen LogP) is 5.90. The Kier molecular flexibility index (Phi) is 8.13. The van der Waals surface area contributed by atoms with Crippen molar-refractivity contribution in [2.75, 3.05) is 0 Å². The normalized spacial score (nSPS) is 11.7. The number of aromatic nitrogens is 3. The number of unbranched alkanes of at least 4 members (excludes halogenated alkanes) is 2. The lowest BCUT2D eigenvalue weighted by molar-refractivity contribution is 0.0697. The summed E-state index contributed by atoms with van der Waals surface area (Å²) >= 11 is 0. The van der Waals surface area contributed by atoms with Crippen LogP contribution in [0.15, 0.2) is 47.3 Å². The number of rotatable bonds is 10. The first kappa shape index (κ1) is 25.5. The van der Waals surface area contributed by atoms with Gasteiger partial charge in [0.05, 0.1) is 12.1 Å². The molecular formula is C28H37N3O3. The molecule has 2 aromatic carbocycles. The molecule has 1 N–H and O–H groups in total. The molecule has 3 rings (SSSR count). The summed E-state index contributed by atoms with van der Waals surface area (Å²) in [5, 5.41) is 14.4. The minimum atomic E-state index is -0.939. The molecule has 0 unspecified atom stereocenters. The molecule has 3 aromatic rings. The van der Waals surface area contributed by atoms with Crippen molar-refractivity contribution in [2.24, 2.45) is 0 Å². The summed E-state index contributed by atoms with van der Waals surface area (Å²) in [4.78, 5) is 25.0. The smallest absolute Gasteiger partial charge is 0.346 e. The molecule has 0 aliphatic rings. The lowest BCUT2D eigenvalue weighted by Gasteiger charge is -2.25. The van der Waals surface area contributed by atoms with E-state index < -0.39 is 5.97 Å². The number of carboxylic acids is 1. The van der Waals surface area contributed by atoms with Gasteiger partial charge in [0.1, 0.15) is 5.82 Å². The van der Waals surface area contributed by atoms with Crippen molar-refractivity contribution in [1.29, 1.82) is 0 Å². The molecular weight excluding hydrogens is 426 g/mol. The van der Waals surface area contributed by atoms with E-state index in [4.69, 9.17) is 0 Å². The molecule has 0 aliphatic heterocycles. The van der Waals surface area contributed by atoms with Gasteiger partial charge in [-0.25, -0.2) is 14.3 Å². The first-order chi connectivity index (χ1) is 16.2.